The van der Waals surface area contributed by atoms with E-state index in [1.807, 2.05) is 30.1 Å². The van der Waals surface area contributed by atoms with Gasteiger partial charge in [0.2, 0.25) is 0 Å². The molecule has 2 aromatic rings. The second-order valence-electron chi connectivity index (χ2n) is 4.53. The van der Waals surface area contributed by atoms with Crippen molar-refractivity contribution in [3.05, 3.63) is 53.8 Å². The molecule has 0 fully saturated rings. The van der Waals surface area contributed by atoms with E-state index >= 15 is 0 Å². The van der Waals surface area contributed by atoms with Gasteiger partial charge >= 0.3 is 0 Å². The number of benzene rings is 2. The lowest BCUT2D eigenvalue weighted by Crippen LogP contribution is -2.19. The normalized spacial score (nSPS) is 10.4. The Kier molecular flexibility index (Phi) is 4.85. The Labute approximate surface area is 128 Å². The molecule has 0 aliphatic heterocycles. The van der Waals surface area contributed by atoms with Crippen LogP contribution in [0.15, 0.2) is 47.4 Å². The summed E-state index contributed by atoms with van der Waals surface area (Å²) in [4.78, 5) is 2.90. The van der Waals surface area contributed by atoms with Crippen molar-refractivity contribution in [2.24, 2.45) is 5.73 Å². The molecule has 21 heavy (non-hydrogen) atoms. The summed E-state index contributed by atoms with van der Waals surface area (Å²) in [5, 5.41) is 7.86. The SMILES string of the molecule is CCSc1cccc(N(C)c2ccc(F)cc2)c1C(=N)N. The number of nitrogens with zero attached hydrogens (tertiary/aromatic N) is 1. The van der Waals surface area contributed by atoms with Gasteiger partial charge < -0.3 is 10.6 Å². The van der Waals surface area contributed by atoms with E-state index in [4.69, 9.17) is 11.1 Å². The summed E-state index contributed by atoms with van der Waals surface area (Å²) in [6, 6.07) is 12.1. The summed E-state index contributed by atoms with van der Waals surface area (Å²) in [5.41, 5.74) is 8.17. The average Bonchev–Trinajstić information content (AvgIpc) is 2.47. The van der Waals surface area contributed by atoms with Crippen LogP contribution in [0.1, 0.15) is 12.5 Å². The molecule has 2 aromatic carbocycles. The van der Waals surface area contributed by atoms with Gasteiger partial charge in [0.1, 0.15) is 11.7 Å². The van der Waals surface area contributed by atoms with Crippen LogP contribution in [0.3, 0.4) is 0 Å². The van der Waals surface area contributed by atoms with Crippen molar-refractivity contribution in [3.63, 3.8) is 0 Å². The molecule has 5 heteroatoms. The Hall–Kier alpha value is -2.01. The first kappa shape index (κ1) is 15.4. The molecule has 2 rings (SSSR count). The highest BCUT2D eigenvalue weighted by atomic mass is 32.2. The molecule has 0 spiro atoms. The van der Waals surface area contributed by atoms with E-state index in [9.17, 15) is 4.39 Å². The molecule has 0 aliphatic rings. The van der Waals surface area contributed by atoms with Crippen molar-refractivity contribution < 1.29 is 4.39 Å². The average molecular weight is 303 g/mol. The van der Waals surface area contributed by atoms with Crippen LogP contribution in [0.5, 0.6) is 0 Å². The third-order valence-corrected chi connectivity index (χ3v) is 4.09. The molecule has 3 nitrogen and oxygen atoms in total. The van der Waals surface area contributed by atoms with E-state index in [0.717, 1.165) is 27.6 Å². The molecular weight excluding hydrogens is 285 g/mol. The quantitative estimate of drug-likeness (QED) is 0.499. The Morgan fingerprint density at radius 3 is 2.48 bits per heavy atom. The molecule has 0 amide bonds. The molecule has 3 N–H and O–H groups in total. The summed E-state index contributed by atoms with van der Waals surface area (Å²) in [5.74, 6) is 0.675. The van der Waals surface area contributed by atoms with E-state index in [1.165, 1.54) is 12.1 Å². The summed E-state index contributed by atoms with van der Waals surface area (Å²) in [6.45, 7) is 2.06. The number of thioether (sulfide) groups is 1. The van der Waals surface area contributed by atoms with Crippen LogP contribution >= 0.6 is 11.8 Å². The molecule has 0 atom stereocenters. The number of rotatable bonds is 5. The van der Waals surface area contributed by atoms with Crippen LogP contribution in [0.25, 0.3) is 0 Å². The minimum Gasteiger partial charge on any atom is -0.384 e. The zero-order valence-electron chi connectivity index (χ0n) is 12.1. The molecule has 0 aliphatic carbocycles. The van der Waals surface area contributed by atoms with Gasteiger partial charge in [0.15, 0.2) is 0 Å². The first-order valence-corrected chi connectivity index (χ1v) is 7.62. The van der Waals surface area contributed by atoms with Crippen LogP contribution in [0.4, 0.5) is 15.8 Å². The van der Waals surface area contributed by atoms with Crippen molar-refractivity contribution in [1.29, 1.82) is 5.41 Å². The van der Waals surface area contributed by atoms with Gasteiger partial charge in [0.05, 0.1) is 11.3 Å². The maximum Gasteiger partial charge on any atom is 0.126 e. The summed E-state index contributed by atoms with van der Waals surface area (Å²) in [7, 11) is 1.88. The Bertz CT molecular complexity index is 640. The standard InChI is InChI=1S/C16H18FN3S/c1-3-21-14-6-4-5-13(15(14)16(18)19)20(2)12-9-7-11(17)8-10-12/h4-10H,3H2,1-2H3,(H3,18,19). The lowest BCUT2D eigenvalue weighted by Gasteiger charge is -2.23. The summed E-state index contributed by atoms with van der Waals surface area (Å²) >= 11 is 1.65. The Morgan fingerprint density at radius 1 is 1.24 bits per heavy atom. The highest BCUT2D eigenvalue weighted by Crippen LogP contribution is 2.33. The zero-order valence-corrected chi connectivity index (χ0v) is 12.9. The van der Waals surface area contributed by atoms with Crippen LogP contribution < -0.4 is 10.6 Å². The number of anilines is 2. The smallest absolute Gasteiger partial charge is 0.126 e. The molecule has 0 bridgehead atoms. The maximum atomic E-state index is 13.0. The molecular formula is C16H18FN3S. The lowest BCUT2D eigenvalue weighted by molar-refractivity contribution is 0.628. The van der Waals surface area contributed by atoms with Gasteiger partial charge in [-0.3, -0.25) is 5.41 Å². The van der Waals surface area contributed by atoms with Gasteiger partial charge in [-0.25, -0.2) is 4.39 Å². The fraction of sp³-hybridized carbons (Fsp3) is 0.188. The number of hydrogen-bond acceptors (Lipinski definition) is 3. The largest absolute Gasteiger partial charge is 0.384 e. The van der Waals surface area contributed by atoms with Gasteiger partial charge in [-0.05, 0) is 42.2 Å². The van der Waals surface area contributed by atoms with Crippen molar-refractivity contribution in [3.8, 4) is 0 Å². The molecule has 0 unspecified atom stereocenters. The minimum absolute atomic E-state index is 0.0375. The Balaban J connectivity index is 2.49. The van der Waals surface area contributed by atoms with Crippen LogP contribution in [-0.4, -0.2) is 18.6 Å². The molecule has 0 saturated carbocycles. The molecule has 110 valence electrons. The lowest BCUT2D eigenvalue weighted by atomic mass is 10.1. The highest BCUT2D eigenvalue weighted by Gasteiger charge is 2.15. The predicted molar refractivity (Wildman–Crippen MR) is 88.3 cm³/mol. The van der Waals surface area contributed by atoms with Gasteiger partial charge in [0.25, 0.3) is 0 Å². The second-order valence-corrected chi connectivity index (χ2v) is 5.84. The molecule has 0 aromatic heterocycles. The topological polar surface area (TPSA) is 53.1 Å². The van der Waals surface area contributed by atoms with Crippen LogP contribution in [-0.2, 0) is 0 Å². The van der Waals surface area contributed by atoms with E-state index in [2.05, 4.69) is 6.92 Å². The minimum atomic E-state index is -0.269. The summed E-state index contributed by atoms with van der Waals surface area (Å²) < 4.78 is 13.0. The van der Waals surface area contributed by atoms with Crippen molar-refractivity contribution in [2.45, 2.75) is 11.8 Å². The zero-order chi connectivity index (χ0) is 15.4. The first-order chi connectivity index (χ1) is 10.0. The van der Waals surface area contributed by atoms with Crippen LogP contribution in [0, 0.1) is 11.2 Å². The monoisotopic (exact) mass is 303 g/mol. The van der Waals surface area contributed by atoms with E-state index in [-0.39, 0.29) is 11.7 Å². The number of amidine groups is 1. The first-order valence-electron chi connectivity index (χ1n) is 6.64. The second kappa shape index (κ2) is 6.63. The van der Waals surface area contributed by atoms with Gasteiger partial charge in [-0.15, -0.1) is 11.8 Å². The third-order valence-electron chi connectivity index (χ3n) is 3.15. The van der Waals surface area contributed by atoms with Gasteiger partial charge in [-0.1, -0.05) is 13.0 Å². The van der Waals surface area contributed by atoms with Gasteiger partial charge in [-0.2, -0.15) is 0 Å². The predicted octanol–water partition coefficient (Wildman–Crippen LogP) is 3.99. The number of nitrogens with one attached hydrogen (secondary N) is 1. The molecule has 0 heterocycles. The third kappa shape index (κ3) is 3.36. The van der Waals surface area contributed by atoms with Crippen molar-refractivity contribution >= 4 is 29.0 Å². The maximum absolute atomic E-state index is 13.0. The molecule has 0 saturated heterocycles. The number of hydrogen-bond donors (Lipinski definition) is 2. The van der Waals surface area contributed by atoms with E-state index in [1.54, 1.807) is 23.9 Å². The summed E-state index contributed by atoms with van der Waals surface area (Å²) in [6.07, 6.45) is 0. The number of nitrogen functional groups attached to an aromatic ring is 1. The molecule has 0 radical (unpaired) electrons. The fourth-order valence-corrected chi connectivity index (χ4v) is 2.99. The Morgan fingerprint density at radius 2 is 1.90 bits per heavy atom. The van der Waals surface area contributed by atoms with Crippen molar-refractivity contribution in [2.75, 3.05) is 17.7 Å². The fourth-order valence-electron chi connectivity index (χ4n) is 2.15. The van der Waals surface area contributed by atoms with Crippen molar-refractivity contribution in [1.82, 2.24) is 0 Å². The highest BCUT2D eigenvalue weighted by molar-refractivity contribution is 7.99. The number of halogens is 1. The van der Waals surface area contributed by atoms with E-state index in [0.29, 0.717) is 0 Å². The van der Waals surface area contributed by atoms with Crippen LogP contribution in [0.2, 0.25) is 0 Å². The number of nitrogens with two attached hydrogens (primary N) is 1. The van der Waals surface area contributed by atoms with Gasteiger partial charge in [0, 0.05) is 17.6 Å². The van der Waals surface area contributed by atoms with E-state index < -0.39 is 0 Å².